The lowest BCUT2D eigenvalue weighted by atomic mass is 10.1. The van der Waals surface area contributed by atoms with E-state index < -0.39 is 11.9 Å². The third-order valence-corrected chi connectivity index (χ3v) is 4.66. The van der Waals surface area contributed by atoms with Crippen molar-refractivity contribution in [1.29, 1.82) is 0 Å². The van der Waals surface area contributed by atoms with Crippen LogP contribution in [-0.4, -0.2) is 54.3 Å². The third-order valence-electron chi connectivity index (χ3n) is 4.66. The number of amides is 3. The fraction of sp³-hybridized carbons (Fsp3) is 0.550. The summed E-state index contributed by atoms with van der Waals surface area (Å²) in [5.41, 5.74) is 6.42. The summed E-state index contributed by atoms with van der Waals surface area (Å²) in [5, 5.41) is 2.70. The second-order valence-electron chi connectivity index (χ2n) is 7.55. The summed E-state index contributed by atoms with van der Waals surface area (Å²) in [6, 6.07) is 9.11. The molecular weight excluding hydrogens is 344 g/mol. The lowest BCUT2D eigenvalue weighted by Gasteiger charge is -2.42. The van der Waals surface area contributed by atoms with Crippen LogP contribution >= 0.6 is 0 Å². The Bertz CT molecular complexity index is 662. The Morgan fingerprint density at radius 3 is 2.37 bits per heavy atom. The van der Waals surface area contributed by atoms with Gasteiger partial charge in [0.25, 0.3) is 0 Å². The molecule has 7 nitrogen and oxygen atoms in total. The zero-order valence-corrected chi connectivity index (χ0v) is 16.4. The van der Waals surface area contributed by atoms with Crippen molar-refractivity contribution >= 4 is 23.4 Å². The smallest absolute Gasteiger partial charge is 0.246 e. The molecule has 1 heterocycles. The Morgan fingerprint density at radius 2 is 1.81 bits per heavy atom. The van der Waals surface area contributed by atoms with Gasteiger partial charge in [-0.1, -0.05) is 32.0 Å². The number of nitrogens with one attached hydrogen (secondary N) is 1. The van der Waals surface area contributed by atoms with Crippen LogP contribution in [0.5, 0.6) is 0 Å². The predicted molar refractivity (Wildman–Crippen MR) is 105 cm³/mol. The van der Waals surface area contributed by atoms with Crippen LogP contribution in [0.4, 0.5) is 5.69 Å². The van der Waals surface area contributed by atoms with Crippen LogP contribution < -0.4 is 16.0 Å². The molecule has 0 saturated carbocycles. The van der Waals surface area contributed by atoms with Gasteiger partial charge in [0, 0.05) is 37.8 Å². The van der Waals surface area contributed by atoms with Gasteiger partial charge in [-0.2, -0.15) is 0 Å². The second-order valence-corrected chi connectivity index (χ2v) is 7.55. The summed E-state index contributed by atoms with van der Waals surface area (Å²) < 4.78 is 0. The predicted octanol–water partition coefficient (Wildman–Crippen LogP) is 1.13. The summed E-state index contributed by atoms with van der Waals surface area (Å²) in [5.74, 6) is -0.914. The Balaban J connectivity index is 2.04. The SMILES string of the molecule is CC(C)CC(=O)NC(CC(N)=O)C(=O)N1CCN(c2ccccc2)CC1C. The number of piperazine rings is 1. The number of hydrogen-bond acceptors (Lipinski definition) is 4. The normalized spacial score (nSPS) is 18.3. The number of hydrogen-bond donors (Lipinski definition) is 2. The molecule has 3 amide bonds. The molecule has 0 radical (unpaired) electrons. The highest BCUT2D eigenvalue weighted by molar-refractivity contribution is 5.92. The number of carbonyl (C=O) groups excluding carboxylic acids is 3. The topological polar surface area (TPSA) is 95.7 Å². The average Bonchev–Trinajstić information content (AvgIpc) is 2.60. The van der Waals surface area contributed by atoms with E-state index >= 15 is 0 Å². The zero-order chi connectivity index (χ0) is 20.0. The molecule has 0 spiro atoms. The molecule has 1 aromatic rings. The van der Waals surface area contributed by atoms with Gasteiger partial charge in [0.15, 0.2) is 0 Å². The molecular formula is C20H30N4O3. The van der Waals surface area contributed by atoms with Crippen LogP contribution in [0, 0.1) is 5.92 Å². The van der Waals surface area contributed by atoms with Gasteiger partial charge in [-0.15, -0.1) is 0 Å². The van der Waals surface area contributed by atoms with Crippen molar-refractivity contribution in [2.45, 2.75) is 45.7 Å². The molecule has 1 aromatic carbocycles. The van der Waals surface area contributed by atoms with E-state index in [1.807, 2.05) is 51.1 Å². The van der Waals surface area contributed by atoms with E-state index in [9.17, 15) is 14.4 Å². The number of rotatable bonds is 7. The number of primary amides is 1. The minimum Gasteiger partial charge on any atom is -0.370 e. The van der Waals surface area contributed by atoms with Gasteiger partial charge < -0.3 is 20.9 Å². The van der Waals surface area contributed by atoms with Crippen molar-refractivity contribution in [3.8, 4) is 0 Å². The van der Waals surface area contributed by atoms with Crippen molar-refractivity contribution in [1.82, 2.24) is 10.2 Å². The van der Waals surface area contributed by atoms with Gasteiger partial charge in [-0.25, -0.2) is 0 Å². The number of carbonyl (C=O) groups is 3. The highest BCUT2D eigenvalue weighted by Crippen LogP contribution is 2.19. The van der Waals surface area contributed by atoms with Crippen molar-refractivity contribution in [3.63, 3.8) is 0 Å². The molecule has 1 aliphatic rings. The molecule has 148 valence electrons. The summed E-state index contributed by atoms with van der Waals surface area (Å²) >= 11 is 0. The Kier molecular flexibility index (Phi) is 7.21. The first-order valence-electron chi connectivity index (χ1n) is 9.46. The number of anilines is 1. The molecule has 2 atom stereocenters. The summed E-state index contributed by atoms with van der Waals surface area (Å²) in [4.78, 5) is 40.5. The van der Waals surface area contributed by atoms with E-state index in [-0.39, 0.29) is 30.2 Å². The Labute approximate surface area is 160 Å². The maximum absolute atomic E-state index is 13.0. The van der Waals surface area contributed by atoms with Crippen LogP contribution in [0.25, 0.3) is 0 Å². The van der Waals surface area contributed by atoms with Gasteiger partial charge in [0.05, 0.1) is 6.42 Å². The van der Waals surface area contributed by atoms with Gasteiger partial charge >= 0.3 is 0 Å². The molecule has 0 aromatic heterocycles. The van der Waals surface area contributed by atoms with Crippen molar-refractivity contribution in [3.05, 3.63) is 30.3 Å². The molecule has 0 bridgehead atoms. The summed E-state index contributed by atoms with van der Waals surface area (Å²) in [6.07, 6.45) is 0.119. The van der Waals surface area contributed by atoms with E-state index in [2.05, 4.69) is 10.2 Å². The minimum atomic E-state index is -0.903. The average molecular weight is 374 g/mol. The number of para-hydroxylation sites is 1. The fourth-order valence-corrected chi connectivity index (χ4v) is 3.38. The van der Waals surface area contributed by atoms with E-state index in [0.717, 1.165) is 5.69 Å². The van der Waals surface area contributed by atoms with Gasteiger partial charge in [0.1, 0.15) is 6.04 Å². The standard InChI is InChI=1S/C20H30N4O3/c1-14(2)11-19(26)22-17(12-18(21)25)20(27)24-10-9-23(13-15(24)3)16-7-5-4-6-8-16/h4-8,14-15,17H,9-13H2,1-3H3,(H2,21,25)(H,22,26). The van der Waals surface area contributed by atoms with E-state index in [1.165, 1.54) is 0 Å². The number of benzene rings is 1. The number of nitrogens with zero attached hydrogens (tertiary/aromatic N) is 2. The fourth-order valence-electron chi connectivity index (χ4n) is 3.38. The largest absolute Gasteiger partial charge is 0.370 e. The quantitative estimate of drug-likeness (QED) is 0.748. The number of nitrogens with two attached hydrogens (primary N) is 1. The highest BCUT2D eigenvalue weighted by atomic mass is 16.2. The van der Waals surface area contributed by atoms with Crippen LogP contribution in [-0.2, 0) is 14.4 Å². The van der Waals surface area contributed by atoms with Crippen molar-refractivity contribution < 1.29 is 14.4 Å². The van der Waals surface area contributed by atoms with E-state index in [0.29, 0.717) is 26.1 Å². The van der Waals surface area contributed by atoms with Gasteiger partial charge in [-0.3, -0.25) is 14.4 Å². The molecule has 1 aliphatic heterocycles. The first kappa shape index (κ1) is 20.7. The highest BCUT2D eigenvalue weighted by Gasteiger charge is 2.33. The van der Waals surface area contributed by atoms with E-state index in [1.54, 1.807) is 4.90 Å². The Morgan fingerprint density at radius 1 is 1.15 bits per heavy atom. The van der Waals surface area contributed by atoms with Crippen LogP contribution in [0.3, 0.4) is 0 Å². The molecule has 7 heteroatoms. The first-order valence-corrected chi connectivity index (χ1v) is 9.46. The van der Waals surface area contributed by atoms with Crippen LogP contribution in [0.15, 0.2) is 30.3 Å². The second kappa shape index (κ2) is 9.39. The molecule has 2 rings (SSSR count). The zero-order valence-electron chi connectivity index (χ0n) is 16.4. The third kappa shape index (κ3) is 5.98. The Hall–Kier alpha value is -2.57. The van der Waals surface area contributed by atoms with Gasteiger partial charge in [-0.05, 0) is 25.0 Å². The molecule has 1 saturated heterocycles. The first-order chi connectivity index (χ1) is 12.8. The molecule has 27 heavy (non-hydrogen) atoms. The maximum atomic E-state index is 13.0. The monoisotopic (exact) mass is 374 g/mol. The lowest BCUT2D eigenvalue weighted by Crippen LogP contribution is -2.59. The molecule has 2 unspecified atom stereocenters. The molecule has 1 fully saturated rings. The minimum absolute atomic E-state index is 0.0381. The van der Waals surface area contributed by atoms with Crippen molar-refractivity contribution in [2.24, 2.45) is 11.7 Å². The van der Waals surface area contributed by atoms with Crippen LogP contribution in [0.2, 0.25) is 0 Å². The van der Waals surface area contributed by atoms with Crippen LogP contribution in [0.1, 0.15) is 33.6 Å². The van der Waals surface area contributed by atoms with E-state index in [4.69, 9.17) is 5.73 Å². The summed E-state index contributed by atoms with van der Waals surface area (Å²) in [6.45, 7) is 7.75. The van der Waals surface area contributed by atoms with Gasteiger partial charge in [0.2, 0.25) is 17.7 Å². The van der Waals surface area contributed by atoms with Crippen molar-refractivity contribution in [2.75, 3.05) is 24.5 Å². The molecule has 0 aliphatic carbocycles. The molecule has 3 N–H and O–H groups in total. The lowest BCUT2D eigenvalue weighted by molar-refractivity contribution is -0.140. The maximum Gasteiger partial charge on any atom is 0.246 e. The summed E-state index contributed by atoms with van der Waals surface area (Å²) in [7, 11) is 0.